The third kappa shape index (κ3) is 5.42. The van der Waals surface area contributed by atoms with Gasteiger partial charge in [0.1, 0.15) is 16.7 Å². The molecule has 10 aromatic carbocycles. The molecule has 0 aliphatic rings. The molecule has 4 nitrogen and oxygen atoms in total. The van der Waals surface area contributed by atoms with Crippen molar-refractivity contribution < 1.29 is 8.83 Å². The van der Waals surface area contributed by atoms with Gasteiger partial charge in [0, 0.05) is 33.1 Å². The summed E-state index contributed by atoms with van der Waals surface area (Å²) in [5.41, 5.74) is 12.1. The lowest BCUT2D eigenvalue weighted by Crippen LogP contribution is -2.10. The Morgan fingerprint density at radius 3 is 1.85 bits per heavy atom. The number of para-hydroxylation sites is 1. The Hall–Kier alpha value is -7.95. The molecular formula is C55H34N2O2. The van der Waals surface area contributed by atoms with Gasteiger partial charge in [0.25, 0.3) is 0 Å². The number of benzene rings is 10. The number of oxazole rings is 1. The quantitative estimate of drug-likeness (QED) is 0.159. The Labute approximate surface area is 339 Å². The van der Waals surface area contributed by atoms with Gasteiger partial charge in [0.15, 0.2) is 5.58 Å². The van der Waals surface area contributed by atoms with Crippen LogP contribution >= 0.6 is 0 Å². The third-order valence-electron chi connectivity index (χ3n) is 11.7. The average Bonchev–Trinajstić information content (AvgIpc) is 3.92. The van der Waals surface area contributed by atoms with Crippen LogP contribution < -0.4 is 4.90 Å². The van der Waals surface area contributed by atoms with E-state index in [-0.39, 0.29) is 0 Å². The molecule has 2 heterocycles. The average molecular weight is 755 g/mol. The summed E-state index contributed by atoms with van der Waals surface area (Å²) in [6.07, 6.45) is 0. The van der Waals surface area contributed by atoms with Gasteiger partial charge in [-0.1, -0.05) is 133 Å². The van der Waals surface area contributed by atoms with Crippen LogP contribution in [0.5, 0.6) is 0 Å². The zero-order valence-corrected chi connectivity index (χ0v) is 31.8. The van der Waals surface area contributed by atoms with Gasteiger partial charge in [-0.2, -0.15) is 0 Å². The van der Waals surface area contributed by atoms with Crippen LogP contribution in [0.4, 0.5) is 17.1 Å². The highest BCUT2D eigenvalue weighted by atomic mass is 16.3. The Morgan fingerprint density at radius 1 is 0.373 bits per heavy atom. The first kappa shape index (κ1) is 33.2. The summed E-state index contributed by atoms with van der Waals surface area (Å²) in [5, 5.41) is 8.95. The van der Waals surface area contributed by atoms with Gasteiger partial charge in [0.05, 0.1) is 11.1 Å². The summed E-state index contributed by atoms with van der Waals surface area (Å²) in [4.78, 5) is 7.28. The molecule has 0 radical (unpaired) electrons. The number of nitrogens with zero attached hydrogens (tertiary/aromatic N) is 2. The summed E-state index contributed by atoms with van der Waals surface area (Å²) in [7, 11) is 0. The maximum atomic E-state index is 6.78. The number of furan rings is 1. The molecule has 2 aromatic heterocycles. The highest BCUT2D eigenvalue weighted by Crippen LogP contribution is 2.46. The fraction of sp³-hybridized carbons (Fsp3) is 0. The van der Waals surface area contributed by atoms with Crippen molar-refractivity contribution in [3.8, 4) is 33.7 Å². The molecule has 0 fully saturated rings. The van der Waals surface area contributed by atoms with E-state index in [0.717, 1.165) is 93.7 Å². The number of aromatic nitrogens is 1. The standard InChI is InChI=1S/C55H34N2O2/c1-4-13-35(14-5-1)36-23-28-42(29-24-36)57(41-18-8-3-9-19-41)48-21-12-22-49-53(48)45-31-26-40(34-50(45)58-49)46-33-39-17-10-11-20-43(39)52-44(46)30-25-37-27-32-47-54(51(37)52)59-55(56-47)38-15-6-2-7-16-38/h1-34H. The first-order valence-electron chi connectivity index (χ1n) is 19.9. The van der Waals surface area contributed by atoms with Crippen LogP contribution in [-0.2, 0) is 0 Å². The minimum atomic E-state index is 0.621. The summed E-state index contributed by atoms with van der Waals surface area (Å²) in [6.45, 7) is 0. The largest absolute Gasteiger partial charge is 0.456 e. The molecule has 0 aliphatic heterocycles. The van der Waals surface area contributed by atoms with E-state index in [1.54, 1.807) is 0 Å². The predicted molar refractivity (Wildman–Crippen MR) is 245 cm³/mol. The Bertz CT molecular complexity index is 3530. The molecule has 276 valence electrons. The van der Waals surface area contributed by atoms with Gasteiger partial charge in [-0.15, -0.1) is 0 Å². The number of anilines is 3. The molecule has 12 rings (SSSR count). The number of hydrogen-bond donors (Lipinski definition) is 0. The van der Waals surface area contributed by atoms with E-state index in [0.29, 0.717) is 5.89 Å². The zero-order chi connectivity index (χ0) is 38.9. The molecular weight excluding hydrogens is 721 g/mol. The highest BCUT2D eigenvalue weighted by Gasteiger charge is 2.21. The lowest BCUT2D eigenvalue weighted by atomic mass is 9.90. The summed E-state index contributed by atoms with van der Waals surface area (Å²) >= 11 is 0. The second-order valence-corrected chi connectivity index (χ2v) is 15.1. The van der Waals surface area contributed by atoms with E-state index in [4.69, 9.17) is 13.8 Å². The van der Waals surface area contributed by atoms with Crippen LogP contribution in [0.25, 0.3) is 99.1 Å². The van der Waals surface area contributed by atoms with Crippen molar-refractivity contribution in [2.45, 2.75) is 0 Å². The van der Waals surface area contributed by atoms with Crippen LogP contribution in [-0.4, -0.2) is 4.98 Å². The van der Waals surface area contributed by atoms with Crippen molar-refractivity contribution in [2.75, 3.05) is 4.90 Å². The number of rotatable bonds is 6. The van der Waals surface area contributed by atoms with Crippen molar-refractivity contribution in [2.24, 2.45) is 0 Å². The molecule has 0 spiro atoms. The van der Waals surface area contributed by atoms with E-state index >= 15 is 0 Å². The lowest BCUT2D eigenvalue weighted by molar-refractivity contribution is 0.623. The first-order chi connectivity index (χ1) is 29.2. The monoisotopic (exact) mass is 754 g/mol. The first-order valence-corrected chi connectivity index (χ1v) is 19.9. The third-order valence-corrected chi connectivity index (χ3v) is 11.7. The second kappa shape index (κ2) is 13.3. The normalized spacial score (nSPS) is 11.7. The van der Waals surface area contributed by atoms with E-state index in [1.807, 2.05) is 30.3 Å². The Balaban J connectivity index is 1.04. The smallest absolute Gasteiger partial charge is 0.227 e. The molecule has 0 bridgehead atoms. The van der Waals surface area contributed by atoms with Gasteiger partial charge in [-0.3, -0.25) is 0 Å². The lowest BCUT2D eigenvalue weighted by Gasteiger charge is -2.26. The summed E-state index contributed by atoms with van der Waals surface area (Å²) < 4.78 is 13.4. The molecule has 0 amide bonds. The van der Waals surface area contributed by atoms with Crippen LogP contribution in [0.2, 0.25) is 0 Å². The van der Waals surface area contributed by atoms with Crippen LogP contribution in [0, 0.1) is 0 Å². The maximum Gasteiger partial charge on any atom is 0.227 e. The molecule has 12 aromatic rings. The fourth-order valence-corrected chi connectivity index (χ4v) is 8.92. The summed E-state index contributed by atoms with van der Waals surface area (Å²) in [5.74, 6) is 0.621. The highest BCUT2D eigenvalue weighted by molar-refractivity contribution is 6.29. The minimum Gasteiger partial charge on any atom is -0.456 e. The van der Waals surface area contributed by atoms with Crippen LogP contribution in [0.3, 0.4) is 0 Å². The van der Waals surface area contributed by atoms with Crippen molar-refractivity contribution in [1.82, 2.24) is 4.98 Å². The topological polar surface area (TPSA) is 42.4 Å². The van der Waals surface area contributed by atoms with Crippen molar-refractivity contribution in [3.63, 3.8) is 0 Å². The Kier molecular flexibility index (Phi) is 7.50. The SMILES string of the molecule is c1ccc(-c2ccc(N(c3ccccc3)c3cccc4oc5cc(-c6cc7ccccc7c7c6ccc6ccc8nc(-c9ccccc9)oc8c67)ccc5c34)cc2)cc1. The molecule has 0 saturated heterocycles. The maximum absolute atomic E-state index is 6.78. The number of fused-ring (bicyclic) bond motifs is 10. The van der Waals surface area contributed by atoms with E-state index < -0.39 is 0 Å². The van der Waals surface area contributed by atoms with E-state index in [1.165, 1.54) is 16.5 Å². The van der Waals surface area contributed by atoms with Gasteiger partial charge >= 0.3 is 0 Å². The van der Waals surface area contributed by atoms with Crippen LogP contribution in [0.1, 0.15) is 0 Å². The van der Waals surface area contributed by atoms with E-state index in [2.05, 4.69) is 181 Å². The Morgan fingerprint density at radius 2 is 1.03 bits per heavy atom. The predicted octanol–water partition coefficient (Wildman–Crippen LogP) is 15.7. The molecule has 0 aliphatic carbocycles. The summed E-state index contributed by atoms with van der Waals surface area (Å²) in [6, 6.07) is 72.7. The fourth-order valence-electron chi connectivity index (χ4n) is 8.92. The minimum absolute atomic E-state index is 0.621. The second-order valence-electron chi connectivity index (χ2n) is 15.1. The van der Waals surface area contributed by atoms with Crippen molar-refractivity contribution in [1.29, 1.82) is 0 Å². The van der Waals surface area contributed by atoms with Gasteiger partial charge in [-0.25, -0.2) is 4.98 Å². The zero-order valence-electron chi connectivity index (χ0n) is 31.8. The molecule has 0 atom stereocenters. The molecule has 0 unspecified atom stereocenters. The van der Waals surface area contributed by atoms with Gasteiger partial charge < -0.3 is 13.7 Å². The van der Waals surface area contributed by atoms with Crippen molar-refractivity contribution >= 4 is 82.4 Å². The number of hydrogen-bond acceptors (Lipinski definition) is 4. The van der Waals surface area contributed by atoms with Gasteiger partial charge in [0.2, 0.25) is 5.89 Å². The molecule has 0 N–H and O–H groups in total. The molecule has 4 heteroatoms. The molecule has 0 saturated carbocycles. The molecule has 59 heavy (non-hydrogen) atoms. The van der Waals surface area contributed by atoms with Crippen molar-refractivity contribution in [3.05, 3.63) is 206 Å². The van der Waals surface area contributed by atoms with Crippen LogP contribution in [0.15, 0.2) is 215 Å². The van der Waals surface area contributed by atoms with Gasteiger partial charge in [-0.05, 0) is 117 Å². The van der Waals surface area contributed by atoms with E-state index in [9.17, 15) is 0 Å².